The molecule has 0 bridgehead atoms. The molecule has 0 spiro atoms. The van der Waals surface area contributed by atoms with Crippen LogP contribution in [0.15, 0.2) is 60.8 Å². The molecule has 1 aliphatic rings. The summed E-state index contributed by atoms with van der Waals surface area (Å²) in [7, 11) is 1.67. The van der Waals surface area contributed by atoms with E-state index in [1.165, 1.54) is 12.8 Å². The molecule has 1 fully saturated rings. The van der Waals surface area contributed by atoms with Crippen molar-refractivity contribution in [3.05, 3.63) is 66.4 Å². The second kappa shape index (κ2) is 8.54. The lowest BCUT2D eigenvalue weighted by Crippen LogP contribution is -2.18. The third-order valence-corrected chi connectivity index (χ3v) is 6.42. The van der Waals surface area contributed by atoms with E-state index in [4.69, 9.17) is 4.74 Å². The van der Waals surface area contributed by atoms with Crippen molar-refractivity contribution in [2.24, 2.45) is 5.92 Å². The molecule has 0 aliphatic heterocycles. The maximum Gasteiger partial charge on any atom is 0.225 e. The zero-order valence-corrected chi connectivity index (χ0v) is 18.5. The Labute approximate surface area is 187 Å². The molecule has 6 nitrogen and oxygen atoms in total. The summed E-state index contributed by atoms with van der Waals surface area (Å²) in [5, 5.41) is 8.66. The first-order valence-corrected chi connectivity index (χ1v) is 11.2. The minimum absolute atomic E-state index is 0.000656. The standard InChI is InChI=1S/C26H28N4O2/c1-17(18-7-8-18)30-24(15-16-27-30)29-25(31)14-13-22-21-5-3-4-6-23(21)28-26(22)19-9-11-20(32-2)12-10-19/h3-6,9-12,15-18,28H,7-8,13-14H2,1-2H3,(H,29,31). The highest BCUT2D eigenvalue weighted by Gasteiger charge is 2.30. The minimum atomic E-state index is 0.000656. The van der Waals surface area contributed by atoms with E-state index in [1.54, 1.807) is 13.3 Å². The fourth-order valence-electron chi connectivity index (χ4n) is 4.42. The summed E-state index contributed by atoms with van der Waals surface area (Å²) >= 11 is 0. The topological polar surface area (TPSA) is 71.9 Å². The van der Waals surface area contributed by atoms with Gasteiger partial charge in [-0.15, -0.1) is 0 Å². The van der Waals surface area contributed by atoms with Gasteiger partial charge in [0.15, 0.2) is 0 Å². The number of methoxy groups -OCH3 is 1. The number of para-hydroxylation sites is 1. The number of nitrogens with one attached hydrogen (secondary N) is 2. The maximum atomic E-state index is 12.9. The molecular weight excluding hydrogens is 400 g/mol. The van der Waals surface area contributed by atoms with Gasteiger partial charge in [0, 0.05) is 29.1 Å². The van der Waals surface area contributed by atoms with Crippen molar-refractivity contribution in [2.75, 3.05) is 12.4 Å². The molecule has 1 unspecified atom stereocenters. The molecular formula is C26H28N4O2. The number of anilines is 1. The lowest BCUT2D eigenvalue weighted by atomic mass is 10.0. The van der Waals surface area contributed by atoms with Gasteiger partial charge < -0.3 is 15.0 Å². The Morgan fingerprint density at radius 2 is 1.97 bits per heavy atom. The van der Waals surface area contributed by atoms with Gasteiger partial charge in [0.25, 0.3) is 0 Å². The van der Waals surface area contributed by atoms with Crippen molar-refractivity contribution >= 4 is 22.6 Å². The first-order chi connectivity index (χ1) is 15.6. The lowest BCUT2D eigenvalue weighted by molar-refractivity contribution is -0.116. The average molecular weight is 429 g/mol. The Morgan fingerprint density at radius 3 is 2.72 bits per heavy atom. The quantitative estimate of drug-likeness (QED) is 0.385. The van der Waals surface area contributed by atoms with Crippen molar-refractivity contribution in [1.29, 1.82) is 0 Å². The molecule has 1 atom stereocenters. The van der Waals surface area contributed by atoms with Crippen molar-refractivity contribution in [3.8, 4) is 17.0 Å². The van der Waals surface area contributed by atoms with E-state index in [1.807, 2.05) is 47.1 Å². The van der Waals surface area contributed by atoms with Crippen molar-refractivity contribution in [3.63, 3.8) is 0 Å². The highest BCUT2D eigenvalue weighted by atomic mass is 16.5. The minimum Gasteiger partial charge on any atom is -0.497 e. The molecule has 2 aromatic carbocycles. The van der Waals surface area contributed by atoms with Gasteiger partial charge in [-0.2, -0.15) is 5.10 Å². The zero-order valence-electron chi connectivity index (χ0n) is 18.5. The Kier molecular flexibility index (Phi) is 5.43. The largest absolute Gasteiger partial charge is 0.497 e. The normalized spacial score (nSPS) is 14.4. The number of carbonyl (C=O) groups excluding carboxylic acids is 1. The second-order valence-electron chi connectivity index (χ2n) is 8.54. The molecule has 5 rings (SSSR count). The summed E-state index contributed by atoms with van der Waals surface area (Å²) in [6, 6.07) is 18.4. The molecule has 1 saturated carbocycles. The van der Waals surface area contributed by atoms with Gasteiger partial charge in [-0.1, -0.05) is 18.2 Å². The van der Waals surface area contributed by atoms with Gasteiger partial charge in [-0.3, -0.25) is 4.79 Å². The molecule has 0 radical (unpaired) electrons. The predicted molar refractivity (Wildman–Crippen MR) is 127 cm³/mol. The van der Waals surface area contributed by atoms with Crippen molar-refractivity contribution in [1.82, 2.24) is 14.8 Å². The van der Waals surface area contributed by atoms with Crippen molar-refractivity contribution < 1.29 is 9.53 Å². The molecule has 2 N–H and O–H groups in total. The Hall–Kier alpha value is -3.54. The van der Waals surface area contributed by atoms with Crippen LogP contribution < -0.4 is 10.1 Å². The molecule has 0 saturated heterocycles. The number of ether oxygens (including phenoxy) is 1. The number of fused-ring (bicyclic) bond motifs is 1. The fourth-order valence-corrected chi connectivity index (χ4v) is 4.42. The van der Waals surface area contributed by atoms with E-state index >= 15 is 0 Å². The van der Waals surface area contributed by atoms with Crippen LogP contribution in [0.5, 0.6) is 5.75 Å². The average Bonchev–Trinajstić information content (AvgIpc) is 3.46. The first-order valence-electron chi connectivity index (χ1n) is 11.2. The van der Waals surface area contributed by atoms with Crippen LogP contribution in [-0.4, -0.2) is 27.8 Å². The van der Waals surface area contributed by atoms with E-state index in [0.29, 0.717) is 24.8 Å². The number of hydrogen-bond acceptors (Lipinski definition) is 3. The number of aryl methyl sites for hydroxylation is 1. The van der Waals surface area contributed by atoms with Crippen LogP contribution in [0.3, 0.4) is 0 Å². The molecule has 164 valence electrons. The van der Waals surface area contributed by atoms with Gasteiger partial charge in [0.05, 0.1) is 19.3 Å². The van der Waals surface area contributed by atoms with Crippen LogP contribution in [0.25, 0.3) is 22.2 Å². The third kappa shape index (κ3) is 4.00. The van der Waals surface area contributed by atoms with Crippen LogP contribution in [0.1, 0.15) is 37.8 Å². The van der Waals surface area contributed by atoms with Crippen LogP contribution in [-0.2, 0) is 11.2 Å². The Balaban J connectivity index is 1.36. The summed E-state index contributed by atoms with van der Waals surface area (Å²) < 4.78 is 7.25. The molecule has 1 amide bonds. The smallest absolute Gasteiger partial charge is 0.225 e. The predicted octanol–water partition coefficient (Wildman–Crippen LogP) is 5.58. The summed E-state index contributed by atoms with van der Waals surface area (Å²) in [6.07, 6.45) is 5.28. The highest BCUT2D eigenvalue weighted by Crippen LogP contribution is 2.40. The number of aromatic amines is 1. The summed E-state index contributed by atoms with van der Waals surface area (Å²) in [4.78, 5) is 16.4. The van der Waals surface area contributed by atoms with Crippen LogP contribution >= 0.6 is 0 Å². The van der Waals surface area contributed by atoms with E-state index in [9.17, 15) is 4.79 Å². The zero-order chi connectivity index (χ0) is 22.1. The first kappa shape index (κ1) is 20.4. The highest BCUT2D eigenvalue weighted by molar-refractivity contribution is 5.93. The van der Waals surface area contributed by atoms with Gasteiger partial charge in [0.1, 0.15) is 11.6 Å². The second-order valence-corrected chi connectivity index (χ2v) is 8.54. The van der Waals surface area contributed by atoms with Crippen molar-refractivity contribution in [2.45, 2.75) is 38.6 Å². The van der Waals surface area contributed by atoms with Crippen LogP contribution in [0.2, 0.25) is 0 Å². The van der Waals surface area contributed by atoms with Gasteiger partial charge >= 0.3 is 0 Å². The Bertz CT molecular complexity index is 1230. The van der Waals surface area contributed by atoms with E-state index in [2.05, 4.69) is 34.5 Å². The molecule has 1 aliphatic carbocycles. The van der Waals surface area contributed by atoms with Crippen LogP contribution in [0, 0.1) is 5.92 Å². The number of nitrogens with zero attached hydrogens (tertiary/aromatic N) is 2. The SMILES string of the molecule is COc1ccc(-c2[nH]c3ccccc3c2CCC(=O)Nc2ccnn2C(C)C2CC2)cc1. The number of rotatable bonds is 8. The molecule has 6 heteroatoms. The number of aromatic nitrogens is 3. The summed E-state index contributed by atoms with van der Waals surface area (Å²) in [5.41, 5.74) is 4.36. The third-order valence-electron chi connectivity index (χ3n) is 6.42. The molecule has 2 heterocycles. The molecule has 4 aromatic rings. The summed E-state index contributed by atoms with van der Waals surface area (Å²) in [6.45, 7) is 2.17. The monoisotopic (exact) mass is 428 g/mol. The fraction of sp³-hybridized carbons (Fsp3) is 0.308. The number of H-pyrrole nitrogens is 1. The van der Waals surface area contributed by atoms with Crippen LogP contribution in [0.4, 0.5) is 5.82 Å². The summed E-state index contributed by atoms with van der Waals surface area (Å²) in [5.74, 6) is 2.27. The number of carbonyl (C=O) groups is 1. The maximum absolute atomic E-state index is 12.9. The Morgan fingerprint density at radius 1 is 1.19 bits per heavy atom. The van der Waals surface area contributed by atoms with E-state index in [0.717, 1.165) is 39.3 Å². The number of hydrogen-bond donors (Lipinski definition) is 2. The number of benzene rings is 2. The molecule has 32 heavy (non-hydrogen) atoms. The van der Waals surface area contributed by atoms with Gasteiger partial charge in [0.2, 0.25) is 5.91 Å². The van der Waals surface area contributed by atoms with E-state index < -0.39 is 0 Å². The number of amides is 1. The van der Waals surface area contributed by atoms with Gasteiger partial charge in [-0.05, 0) is 73.6 Å². The van der Waals surface area contributed by atoms with E-state index in [-0.39, 0.29) is 5.91 Å². The lowest BCUT2D eigenvalue weighted by Gasteiger charge is -2.15. The molecule has 2 aromatic heterocycles. The van der Waals surface area contributed by atoms with Gasteiger partial charge in [-0.25, -0.2) is 4.68 Å².